The summed E-state index contributed by atoms with van der Waals surface area (Å²) in [5, 5.41) is 3.08. The van der Waals surface area contributed by atoms with Crippen molar-refractivity contribution in [2.45, 2.75) is 30.6 Å². The van der Waals surface area contributed by atoms with Crippen molar-refractivity contribution in [3.05, 3.63) is 34.9 Å². The molecule has 0 amide bonds. The topological polar surface area (TPSA) is 38.3 Å². The van der Waals surface area contributed by atoms with Gasteiger partial charge in [-0.25, -0.2) is 0 Å². The number of ether oxygens (including phenoxy) is 1. The lowest BCUT2D eigenvalue weighted by Crippen LogP contribution is -2.43. The van der Waals surface area contributed by atoms with Crippen molar-refractivity contribution in [1.82, 2.24) is 5.32 Å². The molecule has 0 radical (unpaired) electrons. The van der Waals surface area contributed by atoms with Crippen molar-refractivity contribution in [2.75, 3.05) is 7.11 Å². The second-order valence-corrected chi connectivity index (χ2v) is 4.98. The van der Waals surface area contributed by atoms with Gasteiger partial charge in [0.15, 0.2) is 0 Å². The maximum Gasteiger partial charge on any atom is 0.416 e. The number of hydrogen-bond donors (Lipinski definition) is 1. The molecular formula is C13H13ClF3NO2. The van der Waals surface area contributed by atoms with Crippen molar-refractivity contribution in [2.24, 2.45) is 0 Å². The SMILES string of the molecule is COC(=O)C12CC1c1cc(C(F)(F)F)ccc1CN2.Cl. The van der Waals surface area contributed by atoms with E-state index in [1.165, 1.54) is 13.2 Å². The number of esters is 1. The number of nitrogens with one attached hydrogen (secondary N) is 1. The number of alkyl halides is 3. The molecule has 1 aliphatic carbocycles. The summed E-state index contributed by atoms with van der Waals surface area (Å²) < 4.78 is 42.9. The number of carbonyl (C=O) groups excluding carboxylic acids is 1. The van der Waals surface area contributed by atoms with Gasteiger partial charge in [-0.1, -0.05) is 6.07 Å². The lowest BCUT2D eigenvalue weighted by Gasteiger charge is -2.24. The van der Waals surface area contributed by atoms with E-state index in [2.05, 4.69) is 5.32 Å². The number of benzene rings is 1. The van der Waals surface area contributed by atoms with Crippen molar-refractivity contribution >= 4 is 18.4 Å². The van der Waals surface area contributed by atoms with Gasteiger partial charge in [-0.05, 0) is 29.7 Å². The summed E-state index contributed by atoms with van der Waals surface area (Å²) in [6, 6.07) is 3.71. The van der Waals surface area contributed by atoms with E-state index in [4.69, 9.17) is 4.74 Å². The number of fused-ring (bicyclic) bond motifs is 3. The van der Waals surface area contributed by atoms with E-state index >= 15 is 0 Å². The van der Waals surface area contributed by atoms with Gasteiger partial charge in [0.05, 0.1) is 12.7 Å². The fraction of sp³-hybridized carbons (Fsp3) is 0.462. The number of halogens is 4. The van der Waals surface area contributed by atoms with Gasteiger partial charge in [0, 0.05) is 12.5 Å². The molecule has 2 atom stereocenters. The Hall–Kier alpha value is -1.27. The van der Waals surface area contributed by atoms with Gasteiger partial charge in [-0.2, -0.15) is 13.2 Å². The highest BCUT2D eigenvalue weighted by molar-refractivity contribution is 5.87. The first-order valence-electron chi connectivity index (χ1n) is 5.92. The van der Waals surface area contributed by atoms with Gasteiger partial charge in [0.2, 0.25) is 0 Å². The van der Waals surface area contributed by atoms with Gasteiger partial charge in [-0.3, -0.25) is 10.1 Å². The van der Waals surface area contributed by atoms with Crippen molar-refractivity contribution < 1.29 is 22.7 Å². The minimum Gasteiger partial charge on any atom is -0.468 e. The molecule has 1 N–H and O–H groups in total. The Kier molecular flexibility index (Phi) is 3.50. The molecular weight excluding hydrogens is 295 g/mol. The fourth-order valence-electron chi connectivity index (χ4n) is 2.82. The maximum atomic E-state index is 12.7. The molecule has 1 aliphatic heterocycles. The molecule has 0 spiro atoms. The number of methoxy groups -OCH3 is 1. The van der Waals surface area contributed by atoms with E-state index in [0.717, 1.165) is 17.7 Å². The molecule has 3 nitrogen and oxygen atoms in total. The summed E-state index contributed by atoms with van der Waals surface area (Å²) in [7, 11) is 1.29. The summed E-state index contributed by atoms with van der Waals surface area (Å²) in [6.07, 6.45) is -3.86. The molecule has 1 saturated carbocycles. The minimum atomic E-state index is -4.36. The van der Waals surface area contributed by atoms with E-state index < -0.39 is 23.2 Å². The molecule has 1 aromatic carbocycles. The number of rotatable bonds is 1. The van der Waals surface area contributed by atoms with Gasteiger partial charge in [0.1, 0.15) is 5.54 Å². The van der Waals surface area contributed by atoms with Crippen molar-refractivity contribution in [1.29, 1.82) is 0 Å². The van der Waals surface area contributed by atoms with Crippen LogP contribution < -0.4 is 5.32 Å². The maximum absolute atomic E-state index is 12.7. The molecule has 1 heterocycles. The first kappa shape index (κ1) is 15.1. The molecule has 0 bridgehead atoms. The highest BCUT2D eigenvalue weighted by Gasteiger charge is 2.63. The molecule has 2 aliphatic rings. The van der Waals surface area contributed by atoms with E-state index in [0.29, 0.717) is 18.5 Å². The van der Waals surface area contributed by atoms with Gasteiger partial charge < -0.3 is 4.74 Å². The molecule has 1 fully saturated rings. The summed E-state index contributed by atoms with van der Waals surface area (Å²) >= 11 is 0. The zero-order chi connectivity index (χ0) is 13.8. The van der Waals surface area contributed by atoms with Crippen molar-refractivity contribution in [3.63, 3.8) is 0 Å². The Morgan fingerprint density at radius 1 is 1.45 bits per heavy atom. The summed E-state index contributed by atoms with van der Waals surface area (Å²) in [5.41, 5.74) is -0.0563. The summed E-state index contributed by atoms with van der Waals surface area (Å²) in [4.78, 5) is 11.7. The van der Waals surface area contributed by atoms with Crippen LogP contribution in [0, 0.1) is 0 Å². The lowest BCUT2D eigenvalue weighted by molar-refractivity contribution is -0.144. The Labute approximate surface area is 119 Å². The van der Waals surface area contributed by atoms with Crippen LogP contribution in [-0.4, -0.2) is 18.6 Å². The highest BCUT2D eigenvalue weighted by atomic mass is 35.5. The van der Waals surface area contributed by atoms with Crippen molar-refractivity contribution in [3.8, 4) is 0 Å². The minimum absolute atomic E-state index is 0. The van der Waals surface area contributed by atoms with Gasteiger partial charge in [0.25, 0.3) is 0 Å². The van der Waals surface area contributed by atoms with Crippen LogP contribution in [0.4, 0.5) is 13.2 Å². The fourth-order valence-corrected chi connectivity index (χ4v) is 2.82. The van der Waals surface area contributed by atoms with Crippen LogP contribution in [0.1, 0.15) is 29.0 Å². The summed E-state index contributed by atoms with van der Waals surface area (Å²) in [5.74, 6) is -0.619. The third-order valence-electron chi connectivity index (χ3n) is 3.95. The largest absolute Gasteiger partial charge is 0.468 e. The molecule has 2 unspecified atom stereocenters. The predicted octanol–water partition coefficient (Wildman–Crippen LogP) is 2.63. The Morgan fingerprint density at radius 3 is 2.75 bits per heavy atom. The molecule has 20 heavy (non-hydrogen) atoms. The summed E-state index contributed by atoms with van der Waals surface area (Å²) in [6.45, 7) is 0.388. The normalized spacial score (nSPS) is 26.9. The quantitative estimate of drug-likeness (QED) is 0.811. The molecule has 110 valence electrons. The average molecular weight is 308 g/mol. The first-order valence-corrected chi connectivity index (χ1v) is 5.92. The van der Waals surface area contributed by atoms with Crippen LogP contribution in [0.25, 0.3) is 0 Å². The Balaban J connectivity index is 0.00000147. The zero-order valence-electron chi connectivity index (χ0n) is 10.6. The van der Waals surface area contributed by atoms with Crippen LogP contribution >= 0.6 is 12.4 Å². The van der Waals surface area contributed by atoms with Crippen LogP contribution in [0.15, 0.2) is 18.2 Å². The van der Waals surface area contributed by atoms with Crippen LogP contribution in [-0.2, 0) is 22.3 Å². The molecule has 0 aromatic heterocycles. The second-order valence-electron chi connectivity index (χ2n) is 4.98. The van der Waals surface area contributed by atoms with Crippen LogP contribution in [0.5, 0.6) is 0 Å². The Morgan fingerprint density at radius 2 is 2.15 bits per heavy atom. The Bertz CT molecular complexity index is 561. The van der Waals surface area contributed by atoms with E-state index in [1.807, 2.05) is 0 Å². The molecule has 0 saturated heterocycles. The third-order valence-corrected chi connectivity index (χ3v) is 3.95. The predicted molar refractivity (Wildman–Crippen MR) is 67.6 cm³/mol. The van der Waals surface area contributed by atoms with Crippen LogP contribution in [0.2, 0.25) is 0 Å². The standard InChI is InChI=1S/C13H12F3NO2.ClH/c1-19-11(18)12-5-10(12)9-4-8(13(14,15)16)3-2-7(9)6-17-12;/h2-4,10,17H,5-6H2,1H3;1H. The van der Waals surface area contributed by atoms with Crippen LogP contribution in [0.3, 0.4) is 0 Å². The van der Waals surface area contributed by atoms with Gasteiger partial charge in [-0.15, -0.1) is 12.4 Å². The van der Waals surface area contributed by atoms with E-state index in [9.17, 15) is 18.0 Å². The molecule has 3 rings (SSSR count). The van der Waals surface area contributed by atoms with Gasteiger partial charge >= 0.3 is 12.1 Å². The average Bonchev–Trinajstić information content (AvgIpc) is 3.12. The lowest BCUT2D eigenvalue weighted by atomic mass is 9.94. The zero-order valence-corrected chi connectivity index (χ0v) is 11.4. The smallest absolute Gasteiger partial charge is 0.416 e. The number of hydrogen-bond acceptors (Lipinski definition) is 3. The molecule has 1 aromatic rings. The van der Waals surface area contributed by atoms with E-state index in [-0.39, 0.29) is 18.3 Å². The highest BCUT2D eigenvalue weighted by Crippen LogP contribution is 2.56. The third kappa shape index (κ3) is 2.07. The second kappa shape index (κ2) is 4.63. The molecule has 7 heteroatoms. The first-order chi connectivity index (χ1) is 8.88. The number of carbonyl (C=O) groups is 1. The monoisotopic (exact) mass is 307 g/mol. The van der Waals surface area contributed by atoms with E-state index in [1.54, 1.807) is 0 Å².